The number of hydrogen-bond donors (Lipinski definition) is 1. The minimum atomic E-state index is -1.11. The third kappa shape index (κ3) is 5.06. The number of aromatic nitrogens is 3. The molecule has 1 aliphatic rings. The number of hydrogen-bond acceptors (Lipinski definition) is 6. The summed E-state index contributed by atoms with van der Waals surface area (Å²) in [7, 11) is -1.11. The van der Waals surface area contributed by atoms with Crippen molar-refractivity contribution >= 4 is 14.0 Å². The van der Waals surface area contributed by atoms with Crippen LogP contribution in [0, 0.1) is 0 Å². The molecule has 2 aromatic rings. The highest BCUT2D eigenvalue weighted by Gasteiger charge is 2.20. The lowest BCUT2D eigenvalue weighted by Crippen LogP contribution is -2.38. The van der Waals surface area contributed by atoms with Gasteiger partial charge in [-0.05, 0) is 30.3 Å². The van der Waals surface area contributed by atoms with Crippen molar-refractivity contribution in [1.82, 2.24) is 14.8 Å². The van der Waals surface area contributed by atoms with Gasteiger partial charge in [0.15, 0.2) is 5.82 Å². The van der Waals surface area contributed by atoms with Crippen LogP contribution in [0.2, 0.25) is 25.7 Å². The van der Waals surface area contributed by atoms with Crippen LogP contribution in [0.3, 0.4) is 0 Å². The zero-order valence-corrected chi connectivity index (χ0v) is 16.8. The summed E-state index contributed by atoms with van der Waals surface area (Å²) in [6.45, 7) is 11.1. The molecule has 1 N–H and O–H groups in total. The number of anilines is 1. The third-order valence-corrected chi connectivity index (χ3v) is 5.99. The SMILES string of the molecule is C[Si](C)(C)CCOCn1nc(-c2ccc(O)cc2)nc1N1CCOCC1. The van der Waals surface area contributed by atoms with E-state index in [0.29, 0.717) is 25.8 Å². The van der Waals surface area contributed by atoms with Crippen molar-refractivity contribution in [2.75, 3.05) is 37.8 Å². The number of rotatable bonds is 7. The molecule has 0 aliphatic carbocycles. The van der Waals surface area contributed by atoms with Crippen LogP contribution in [0.15, 0.2) is 24.3 Å². The Morgan fingerprint density at radius 2 is 1.85 bits per heavy atom. The van der Waals surface area contributed by atoms with Gasteiger partial charge in [0.25, 0.3) is 0 Å². The molecule has 7 nitrogen and oxygen atoms in total. The molecule has 0 bridgehead atoms. The van der Waals surface area contributed by atoms with Crippen molar-refractivity contribution in [3.8, 4) is 17.1 Å². The first kappa shape index (κ1) is 18.9. The van der Waals surface area contributed by atoms with E-state index in [4.69, 9.17) is 14.5 Å². The fourth-order valence-electron chi connectivity index (χ4n) is 2.68. The van der Waals surface area contributed by atoms with Crippen LogP contribution in [-0.4, -0.2) is 60.9 Å². The number of morpholine rings is 1. The van der Waals surface area contributed by atoms with Crippen molar-refractivity contribution in [3.05, 3.63) is 24.3 Å². The molecule has 0 unspecified atom stereocenters. The zero-order valence-electron chi connectivity index (χ0n) is 15.8. The van der Waals surface area contributed by atoms with Gasteiger partial charge in [-0.3, -0.25) is 0 Å². The number of benzene rings is 1. The first-order chi connectivity index (χ1) is 12.4. The lowest BCUT2D eigenvalue weighted by molar-refractivity contribution is 0.0774. The smallest absolute Gasteiger partial charge is 0.226 e. The number of nitrogens with zero attached hydrogens (tertiary/aromatic N) is 4. The third-order valence-electron chi connectivity index (χ3n) is 4.28. The molecule has 0 spiro atoms. The molecule has 3 rings (SSSR count). The minimum Gasteiger partial charge on any atom is -0.508 e. The average Bonchev–Trinajstić information content (AvgIpc) is 3.03. The molecule has 2 heterocycles. The molecular weight excluding hydrogens is 348 g/mol. The Hall–Kier alpha value is -1.90. The molecule has 1 aromatic carbocycles. The summed E-state index contributed by atoms with van der Waals surface area (Å²) in [5.41, 5.74) is 0.873. The fourth-order valence-corrected chi connectivity index (χ4v) is 3.44. The molecule has 1 aliphatic heterocycles. The Morgan fingerprint density at radius 3 is 2.50 bits per heavy atom. The van der Waals surface area contributed by atoms with E-state index in [1.54, 1.807) is 12.1 Å². The fraction of sp³-hybridized carbons (Fsp3) is 0.556. The maximum atomic E-state index is 9.49. The highest BCUT2D eigenvalue weighted by atomic mass is 28.3. The Labute approximate surface area is 155 Å². The van der Waals surface area contributed by atoms with Gasteiger partial charge < -0.3 is 19.5 Å². The van der Waals surface area contributed by atoms with Gasteiger partial charge in [0.05, 0.1) is 13.2 Å². The van der Waals surface area contributed by atoms with E-state index in [2.05, 4.69) is 29.6 Å². The Morgan fingerprint density at radius 1 is 1.15 bits per heavy atom. The highest BCUT2D eigenvalue weighted by Crippen LogP contribution is 2.23. The van der Waals surface area contributed by atoms with Crippen LogP contribution in [0.4, 0.5) is 5.95 Å². The van der Waals surface area contributed by atoms with Gasteiger partial charge in [-0.15, -0.1) is 5.10 Å². The zero-order chi connectivity index (χ0) is 18.6. The Kier molecular flexibility index (Phi) is 5.95. The first-order valence-electron chi connectivity index (χ1n) is 9.07. The largest absolute Gasteiger partial charge is 0.508 e. The van der Waals surface area contributed by atoms with E-state index in [1.807, 2.05) is 16.8 Å². The van der Waals surface area contributed by atoms with Crippen molar-refractivity contribution < 1.29 is 14.6 Å². The van der Waals surface area contributed by atoms with Gasteiger partial charge in [0, 0.05) is 33.3 Å². The van der Waals surface area contributed by atoms with Crippen LogP contribution < -0.4 is 4.90 Å². The van der Waals surface area contributed by atoms with E-state index in [1.165, 1.54) is 0 Å². The van der Waals surface area contributed by atoms with Gasteiger partial charge in [-0.2, -0.15) is 4.98 Å². The van der Waals surface area contributed by atoms with Crippen LogP contribution in [0.25, 0.3) is 11.4 Å². The van der Waals surface area contributed by atoms with Crippen molar-refractivity contribution in [2.45, 2.75) is 32.4 Å². The normalized spacial score (nSPS) is 15.4. The van der Waals surface area contributed by atoms with E-state index in [-0.39, 0.29) is 5.75 Å². The van der Waals surface area contributed by atoms with Gasteiger partial charge in [-0.1, -0.05) is 19.6 Å². The van der Waals surface area contributed by atoms with E-state index >= 15 is 0 Å². The second-order valence-electron chi connectivity index (χ2n) is 7.73. The molecule has 0 atom stereocenters. The molecule has 1 fully saturated rings. The van der Waals surface area contributed by atoms with E-state index in [9.17, 15) is 5.11 Å². The molecule has 0 saturated carbocycles. The monoisotopic (exact) mass is 376 g/mol. The average molecular weight is 377 g/mol. The topological polar surface area (TPSA) is 72.6 Å². The van der Waals surface area contributed by atoms with Crippen molar-refractivity contribution in [2.24, 2.45) is 0 Å². The summed E-state index contributed by atoms with van der Waals surface area (Å²) < 4.78 is 13.2. The second kappa shape index (κ2) is 8.19. The standard InChI is InChI=1S/C18H28N4O3Si/c1-26(2,3)13-12-25-14-22-18(21-8-10-24-11-9-21)19-17(20-22)15-4-6-16(23)7-5-15/h4-7,23H,8-14H2,1-3H3. The molecule has 1 saturated heterocycles. The number of phenolic OH excluding ortho intramolecular Hbond substituents is 1. The van der Waals surface area contributed by atoms with E-state index in [0.717, 1.165) is 37.3 Å². The summed E-state index contributed by atoms with van der Waals surface area (Å²) in [5.74, 6) is 1.68. The van der Waals surface area contributed by atoms with Crippen LogP contribution >= 0.6 is 0 Å². The highest BCUT2D eigenvalue weighted by molar-refractivity contribution is 6.76. The number of aromatic hydroxyl groups is 1. The maximum Gasteiger partial charge on any atom is 0.226 e. The predicted molar refractivity (Wildman–Crippen MR) is 104 cm³/mol. The van der Waals surface area contributed by atoms with Crippen molar-refractivity contribution in [1.29, 1.82) is 0 Å². The van der Waals surface area contributed by atoms with Crippen molar-refractivity contribution in [3.63, 3.8) is 0 Å². The Bertz CT molecular complexity index is 706. The minimum absolute atomic E-state index is 0.233. The lowest BCUT2D eigenvalue weighted by Gasteiger charge is -2.27. The molecule has 142 valence electrons. The van der Waals surface area contributed by atoms with Gasteiger partial charge >= 0.3 is 0 Å². The number of ether oxygens (including phenoxy) is 2. The molecular formula is C18H28N4O3Si. The summed E-state index contributed by atoms with van der Waals surface area (Å²) >= 11 is 0. The predicted octanol–water partition coefficient (Wildman–Crippen LogP) is 2.80. The molecule has 26 heavy (non-hydrogen) atoms. The quantitative estimate of drug-likeness (QED) is 0.592. The Balaban J connectivity index is 1.77. The maximum absolute atomic E-state index is 9.49. The molecule has 0 radical (unpaired) electrons. The summed E-state index contributed by atoms with van der Waals surface area (Å²) in [5, 5.41) is 14.1. The second-order valence-corrected chi connectivity index (χ2v) is 13.4. The van der Waals surface area contributed by atoms with Crippen LogP contribution in [0.5, 0.6) is 5.75 Å². The van der Waals surface area contributed by atoms with Gasteiger partial charge in [-0.25, -0.2) is 4.68 Å². The van der Waals surface area contributed by atoms with E-state index < -0.39 is 8.07 Å². The first-order valence-corrected chi connectivity index (χ1v) is 12.8. The lowest BCUT2D eigenvalue weighted by atomic mass is 10.2. The summed E-state index contributed by atoms with van der Waals surface area (Å²) in [6.07, 6.45) is 0. The van der Waals surface area contributed by atoms with Crippen LogP contribution in [0.1, 0.15) is 0 Å². The molecule has 0 amide bonds. The summed E-state index contributed by atoms with van der Waals surface area (Å²) in [6, 6.07) is 8.07. The molecule has 1 aromatic heterocycles. The van der Waals surface area contributed by atoms with Gasteiger partial charge in [0.1, 0.15) is 12.5 Å². The summed E-state index contributed by atoms with van der Waals surface area (Å²) in [4.78, 5) is 6.91. The van der Waals surface area contributed by atoms with Crippen LogP contribution in [-0.2, 0) is 16.2 Å². The molecule has 8 heteroatoms. The van der Waals surface area contributed by atoms with Gasteiger partial charge in [0.2, 0.25) is 5.95 Å². The number of phenols is 1.